The van der Waals surface area contributed by atoms with Gasteiger partial charge in [0.2, 0.25) is 0 Å². The highest BCUT2D eigenvalue weighted by Crippen LogP contribution is 2.30. The van der Waals surface area contributed by atoms with E-state index in [1.165, 1.54) is 5.56 Å². The summed E-state index contributed by atoms with van der Waals surface area (Å²) in [6.07, 6.45) is 2.64. The molecule has 1 aliphatic heterocycles. The Labute approximate surface area is 125 Å². The van der Waals surface area contributed by atoms with Crippen molar-refractivity contribution < 1.29 is 4.79 Å². The number of piperazine rings is 1. The number of aromatic nitrogens is 1. The van der Waals surface area contributed by atoms with Gasteiger partial charge >= 0.3 is 0 Å². The van der Waals surface area contributed by atoms with Crippen LogP contribution in [-0.4, -0.2) is 42.9 Å². The van der Waals surface area contributed by atoms with Crippen LogP contribution >= 0.6 is 0 Å². The molecule has 1 saturated heterocycles. The molecule has 4 nitrogen and oxygen atoms in total. The number of hydrogen-bond acceptors (Lipinski definition) is 4. The maximum absolute atomic E-state index is 11.3. The van der Waals surface area contributed by atoms with E-state index in [0.717, 1.165) is 31.7 Å². The Morgan fingerprint density at radius 1 is 1.14 bits per heavy atom. The molecule has 1 aliphatic rings. The summed E-state index contributed by atoms with van der Waals surface area (Å²) in [6.45, 7) is 2.77. The molecule has 0 radical (unpaired) electrons. The number of nitrogens with zero attached hydrogens (tertiary/aromatic N) is 3. The molecule has 0 N–H and O–H groups in total. The van der Waals surface area contributed by atoms with Gasteiger partial charge in [0.15, 0.2) is 6.29 Å². The van der Waals surface area contributed by atoms with Crippen LogP contribution in [0.15, 0.2) is 48.7 Å². The normalized spacial score (nSPS) is 19.5. The molecule has 0 saturated carbocycles. The van der Waals surface area contributed by atoms with E-state index in [0.29, 0.717) is 5.56 Å². The Kier molecular flexibility index (Phi) is 3.97. The summed E-state index contributed by atoms with van der Waals surface area (Å²) in [5, 5.41) is 0. The fraction of sp³-hybridized carbons (Fsp3) is 0.294. The van der Waals surface area contributed by atoms with Gasteiger partial charge in [0.1, 0.15) is 5.82 Å². The first-order chi connectivity index (χ1) is 10.3. The summed E-state index contributed by atoms with van der Waals surface area (Å²) in [5.41, 5.74) is 1.91. The van der Waals surface area contributed by atoms with E-state index in [1.807, 2.05) is 12.1 Å². The molecule has 2 heterocycles. The molecule has 0 aliphatic carbocycles. The molecule has 4 heteroatoms. The minimum absolute atomic E-state index is 0.221. The molecular formula is C17H19N3O. The summed E-state index contributed by atoms with van der Waals surface area (Å²) in [4.78, 5) is 20.3. The first-order valence-electron chi connectivity index (χ1n) is 7.20. The Bertz CT molecular complexity index is 614. The molecule has 0 spiro atoms. The van der Waals surface area contributed by atoms with E-state index in [2.05, 4.69) is 46.1 Å². The molecule has 0 bridgehead atoms. The van der Waals surface area contributed by atoms with E-state index in [9.17, 15) is 4.79 Å². The maximum atomic E-state index is 11.3. The smallest absolute Gasteiger partial charge is 0.153 e. The zero-order chi connectivity index (χ0) is 14.7. The number of anilines is 1. The predicted octanol–water partition coefficient (Wildman–Crippen LogP) is 2.39. The second kappa shape index (κ2) is 6.06. The second-order valence-electron chi connectivity index (χ2n) is 5.42. The van der Waals surface area contributed by atoms with Gasteiger partial charge in [-0.25, -0.2) is 4.98 Å². The van der Waals surface area contributed by atoms with Gasteiger partial charge in [0, 0.05) is 25.8 Å². The fourth-order valence-electron chi connectivity index (χ4n) is 2.87. The molecule has 1 aromatic heterocycles. The van der Waals surface area contributed by atoms with Crippen molar-refractivity contribution in [3.63, 3.8) is 0 Å². The van der Waals surface area contributed by atoms with Gasteiger partial charge in [-0.3, -0.25) is 4.79 Å². The van der Waals surface area contributed by atoms with E-state index >= 15 is 0 Å². The Morgan fingerprint density at radius 3 is 2.71 bits per heavy atom. The number of carbonyl (C=O) groups excluding carboxylic acids is 1. The minimum atomic E-state index is 0.221. The number of hydrogen-bond donors (Lipinski definition) is 0. The van der Waals surface area contributed by atoms with Gasteiger partial charge in [0.05, 0.1) is 11.6 Å². The molecule has 3 rings (SSSR count). The maximum Gasteiger partial charge on any atom is 0.153 e. The zero-order valence-electron chi connectivity index (χ0n) is 12.1. The van der Waals surface area contributed by atoms with Crippen LogP contribution in [0.1, 0.15) is 22.0 Å². The topological polar surface area (TPSA) is 36.4 Å². The summed E-state index contributed by atoms with van der Waals surface area (Å²) >= 11 is 0. The van der Waals surface area contributed by atoms with E-state index in [1.54, 1.807) is 12.3 Å². The van der Waals surface area contributed by atoms with Crippen LogP contribution in [0, 0.1) is 0 Å². The van der Waals surface area contributed by atoms with Gasteiger partial charge in [-0.2, -0.15) is 0 Å². The molecule has 1 atom stereocenters. The van der Waals surface area contributed by atoms with Crippen molar-refractivity contribution in [2.75, 3.05) is 31.6 Å². The summed E-state index contributed by atoms with van der Waals surface area (Å²) < 4.78 is 0. The number of carbonyl (C=O) groups is 1. The first-order valence-corrected chi connectivity index (χ1v) is 7.20. The van der Waals surface area contributed by atoms with Crippen molar-refractivity contribution in [2.45, 2.75) is 6.04 Å². The second-order valence-corrected chi connectivity index (χ2v) is 5.42. The summed E-state index contributed by atoms with van der Waals surface area (Å²) in [6, 6.07) is 14.3. The van der Waals surface area contributed by atoms with E-state index in [4.69, 9.17) is 0 Å². The highest BCUT2D eigenvalue weighted by molar-refractivity contribution is 5.82. The van der Waals surface area contributed by atoms with Crippen molar-refractivity contribution in [3.8, 4) is 0 Å². The highest BCUT2D eigenvalue weighted by atomic mass is 16.1. The van der Waals surface area contributed by atoms with Gasteiger partial charge < -0.3 is 9.80 Å². The van der Waals surface area contributed by atoms with E-state index in [-0.39, 0.29) is 6.04 Å². The van der Waals surface area contributed by atoms with Crippen LogP contribution in [0.5, 0.6) is 0 Å². The highest BCUT2D eigenvalue weighted by Gasteiger charge is 2.28. The van der Waals surface area contributed by atoms with Gasteiger partial charge in [0.25, 0.3) is 0 Å². The van der Waals surface area contributed by atoms with Crippen LogP contribution in [0.2, 0.25) is 0 Å². The van der Waals surface area contributed by atoms with E-state index < -0.39 is 0 Å². The third-order valence-electron chi connectivity index (χ3n) is 3.98. The molecule has 108 valence electrons. The molecule has 1 fully saturated rings. The molecule has 1 aromatic carbocycles. The van der Waals surface area contributed by atoms with Crippen LogP contribution in [0.3, 0.4) is 0 Å². The Morgan fingerprint density at radius 2 is 1.95 bits per heavy atom. The lowest BCUT2D eigenvalue weighted by Gasteiger charge is -2.41. The number of likely N-dealkylation sites (N-methyl/N-ethyl adjacent to an activating group) is 1. The van der Waals surface area contributed by atoms with Crippen LogP contribution in [0.4, 0.5) is 5.82 Å². The third-order valence-corrected chi connectivity index (χ3v) is 3.98. The quantitative estimate of drug-likeness (QED) is 0.809. The molecule has 0 amide bonds. The lowest BCUT2D eigenvalue weighted by molar-refractivity contribution is 0.112. The van der Waals surface area contributed by atoms with Crippen molar-refractivity contribution in [3.05, 3.63) is 59.8 Å². The molecule has 2 aromatic rings. The number of benzene rings is 1. The average molecular weight is 281 g/mol. The van der Waals surface area contributed by atoms with Crippen LogP contribution < -0.4 is 4.90 Å². The Hall–Kier alpha value is -2.20. The SMILES string of the molecule is CN1CCN(c2ncccc2C=O)[C@H](c2ccccc2)C1. The monoisotopic (exact) mass is 281 g/mol. The van der Waals surface area contributed by atoms with Gasteiger partial charge in [-0.15, -0.1) is 0 Å². The van der Waals surface area contributed by atoms with Crippen LogP contribution in [-0.2, 0) is 0 Å². The van der Waals surface area contributed by atoms with Crippen molar-refractivity contribution in [1.82, 2.24) is 9.88 Å². The largest absolute Gasteiger partial charge is 0.346 e. The van der Waals surface area contributed by atoms with Crippen molar-refractivity contribution in [1.29, 1.82) is 0 Å². The number of pyridine rings is 1. The van der Waals surface area contributed by atoms with Crippen molar-refractivity contribution in [2.24, 2.45) is 0 Å². The van der Waals surface area contributed by atoms with Crippen molar-refractivity contribution >= 4 is 12.1 Å². The first kappa shape index (κ1) is 13.8. The molecular weight excluding hydrogens is 262 g/mol. The predicted molar refractivity (Wildman–Crippen MR) is 83.7 cm³/mol. The summed E-state index contributed by atoms with van der Waals surface area (Å²) in [7, 11) is 2.13. The zero-order valence-corrected chi connectivity index (χ0v) is 12.1. The summed E-state index contributed by atoms with van der Waals surface area (Å²) in [5.74, 6) is 0.787. The Balaban J connectivity index is 2.00. The lowest BCUT2D eigenvalue weighted by atomic mass is 10.0. The average Bonchev–Trinajstić information content (AvgIpc) is 2.55. The van der Waals surface area contributed by atoms with Gasteiger partial charge in [-0.05, 0) is 24.7 Å². The lowest BCUT2D eigenvalue weighted by Crippen LogP contribution is -2.47. The van der Waals surface area contributed by atoms with Crippen LogP contribution in [0.25, 0.3) is 0 Å². The number of rotatable bonds is 3. The number of aldehydes is 1. The third kappa shape index (κ3) is 2.81. The standard InChI is InChI=1S/C17H19N3O/c1-19-10-11-20(17-15(13-21)8-5-9-18-17)16(12-19)14-6-3-2-4-7-14/h2-9,13,16H,10-12H2,1H3/t16-/m0/s1. The fourth-order valence-corrected chi connectivity index (χ4v) is 2.87. The molecule has 0 unspecified atom stereocenters. The minimum Gasteiger partial charge on any atom is -0.346 e. The molecule has 21 heavy (non-hydrogen) atoms. The van der Waals surface area contributed by atoms with Gasteiger partial charge in [-0.1, -0.05) is 30.3 Å².